The van der Waals surface area contributed by atoms with E-state index in [9.17, 15) is 4.79 Å². The molecule has 0 bridgehead atoms. The van der Waals surface area contributed by atoms with Crippen LogP contribution >= 0.6 is 22.6 Å². The summed E-state index contributed by atoms with van der Waals surface area (Å²) in [6.07, 6.45) is 5.31. The van der Waals surface area contributed by atoms with E-state index in [-0.39, 0.29) is 5.56 Å². The minimum atomic E-state index is 0.00434. The second-order valence-electron chi connectivity index (χ2n) is 3.21. The van der Waals surface area contributed by atoms with Gasteiger partial charge in [0.15, 0.2) is 0 Å². The van der Waals surface area contributed by atoms with Crippen LogP contribution in [0.25, 0.3) is 0 Å². The number of rotatable bonds is 6. The highest BCUT2D eigenvalue weighted by molar-refractivity contribution is 14.1. The normalized spacial score (nSPS) is 10.5. The second-order valence-corrected chi connectivity index (χ2v) is 4.37. The Bertz CT molecular complexity index is 352. The van der Waals surface area contributed by atoms with Crippen molar-refractivity contribution < 1.29 is 4.74 Å². The van der Waals surface area contributed by atoms with E-state index in [2.05, 4.69) is 11.9 Å². The van der Waals surface area contributed by atoms with Gasteiger partial charge in [-0.3, -0.25) is 9.36 Å². The van der Waals surface area contributed by atoms with Gasteiger partial charge in [-0.25, -0.2) is 4.98 Å². The third-order valence-corrected chi connectivity index (χ3v) is 2.72. The molecule has 0 spiro atoms. The minimum Gasteiger partial charge on any atom is -0.380 e. The Morgan fingerprint density at radius 1 is 1.53 bits per heavy atom. The number of aromatic nitrogens is 2. The fourth-order valence-corrected chi connectivity index (χ4v) is 1.57. The van der Waals surface area contributed by atoms with Crippen molar-refractivity contribution in [1.82, 2.24) is 9.55 Å². The predicted octanol–water partition coefficient (Wildman–Crippen LogP) is 1.66. The predicted molar refractivity (Wildman–Crippen MR) is 66.9 cm³/mol. The molecule has 1 aromatic heterocycles. The molecule has 0 saturated carbocycles. The van der Waals surface area contributed by atoms with Gasteiger partial charge in [0.25, 0.3) is 5.56 Å². The molecule has 0 aromatic carbocycles. The van der Waals surface area contributed by atoms with Crippen molar-refractivity contribution in [1.29, 1.82) is 0 Å². The Balaban J connectivity index is 2.38. The maximum atomic E-state index is 11.5. The first-order valence-corrected chi connectivity index (χ1v) is 6.11. The highest BCUT2D eigenvalue weighted by atomic mass is 127. The minimum absolute atomic E-state index is 0.00434. The van der Waals surface area contributed by atoms with Gasteiger partial charge < -0.3 is 4.74 Å². The lowest BCUT2D eigenvalue weighted by atomic mass is 10.4. The van der Waals surface area contributed by atoms with Crippen LogP contribution in [0.5, 0.6) is 0 Å². The Morgan fingerprint density at radius 3 is 3.07 bits per heavy atom. The van der Waals surface area contributed by atoms with Crippen molar-refractivity contribution in [3.05, 3.63) is 26.4 Å². The molecule has 0 aliphatic carbocycles. The van der Waals surface area contributed by atoms with Gasteiger partial charge in [0.2, 0.25) is 0 Å². The summed E-state index contributed by atoms with van der Waals surface area (Å²) in [7, 11) is 0. The molecule has 0 aliphatic heterocycles. The molecule has 0 amide bonds. The van der Waals surface area contributed by atoms with Crippen LogP contribution in [0.2, 0.25) is 0 Å². The summed E-state index contributed by atoms with van der Waals surface area (Å²) in [5.41, 5.74) is 0.00434. The van der Waals surface area contributed by atoms with Crippen molar-refractivity contribution in [2.45, 2.75) is 26.3 Å². The molecule has 0 N–H and O–H groups in total. The topological polar surface area (TPSA) is 44.1 Å². The maximum absolute atomic E-state index is 11.5. The molecule has 4 nitrogen and oxygen atoms in total. The molecule has 5 heteroatoms. The van der Waals surface area contributed by atoms with Crippen LogP contribution in [0.15, 0.2) is 17.3 Å². The number of unbranched alkanes of at least 4 members (excludes halogenated alkanes) is 1. The van der Waals surface area contributed by atoms with E-state index >= 15 is 0 Å². The van der Waals surface area contributed by atoms with E-state index in [0.717, 1.165) is 19.4 Å². The Kier molecular flexibility index (Phi) is 5.85. The largest absolute Gasteiger partial charge is 0.380 e. The molecule has 0 aliphatic rings. The molecule has 1 heterocycles. The van der Waals surface area contributed by atoms with E-state index in [1.165, 1.54) is 0 Å². The molecule has 15 heavy (non-hydrogen) atoms. The summed E-state index contributed by atoms with van der Waals surface area (Å²) in [5, 5.41) is 0. The molecule has 0 fully saturated rings. The highest BCUT2D eigenvalue weighted by Gasteiger charge is 1.99. The van der Waals surface area contributed by atoms with E-state index in [4.69, 9.17) is 4.74 Å². The van der Waals surface area contributed by atoms with Gasteiger partial charge in [0, 0.05) is 12.8 Å². The second kappa shape index (κ2) is 6.95. The Hall–Kier alpha value is -0.430. The Morgan fingerprint density at radius 2 is 2.33 bits per heavy atom. The van der Waals surface area contributed by atoms with Crippen molar-refractivity contribution in [3.8, 4) is 0 Å². The zero-order valence-corrected chi connectivity index (χ0v) is 10.9. The summed E-state index contributed by atoms with van der Waals surface area (Å²) < 4.78 is 7.60. The first kappa shape index (κ1) is 12.6. The highest BCUT2D eigenvalue weighted by Crippen LogP contribution is 1.93. The van der Waals surface area contributed by atoms with E-state index in [0.29, 0.717) is 16.7 Å². The summed E-state index contributed by atoms with van der Waals surface area (Å²) in [5.74, 6) is 0. The number of halogens is 1. The van der Waals surface area contributed by atoms with Gasteiger partial charge >= 0.3 is 0 Å². The van der Waals surface area contributed by atoms with Crippen LogP contribution in [0.4, 0.5) is 0 Å². The third-order valence-electron chi connectivity index (χ3n) is 1.98. The smallest absolute Gasteiger partial charge is 0.266 e. The van der Waals surface area contributed by atoms with Crippen molar-refractivity contribution >= 4 is 22.6 Å². The molecular weight excluding hydrogens is 307 g/mol. The monoisotopic (exact) mass is 322 g/mol. The van der Waals surface area contributed by atoms with Crippen LogP contribution in [0.3, 0.4) is 0 Å². The van der Waals surface area contributed by atoms with Gasteiger partial charge in [0.1, 0.15) is 0 Å². The van der Waals surface area contributed by atoms with Gasteiger partial charge in [-0.15, -0.1) is 0 Å². The Labute approximate surface area is 103 Å². The summed E-state index contributed by atoms with van der Waals surface area (Å²) >= 11 is 1.99. The molecule has 0 atom stereocenters. The van der Waals surface area contributed by atoms with Crippen LogP contribution in [0.1, 0.15) is 19.8 Å². The SMILES string of the molecule is CCCCOCCn1cncc(I)c1=O. The lowest BCUT2D eigenvalue weighted by molar-refractivity contribution is 0.122. The maximum Gasteiger partial charge on any atom is 0.266 e. The lowest BCUT2D eigenvalue weighted by Crippen LogP contribution is -2.24. The fourth-order valence-electron chi connectivity index (χ4n) is 1.09. The standard InChI is InChI=1S/C10H15IN2O2/c1-2-3-5-15-6-4-13-8-12-7-9(11)10(13)14/h7-8H,2-6H2,1H3. The van der Waals surface area contributed by atoms with Crippen LogP contribution in [-0.4, -0.2) is 22.8 Å². The van der Waals surface area contributed by atoms with Gasteiger partial charge in [-0.1, -0.05) is 13.3 Å². The first-order chi connectivity index (χ1) is 7.25. The average Bonchev–Trinajstić information content (AvgIpc) is 2.24. The van der Waals surface area contributed by atoms with Gasteiger partial charge in [0.05, 0.1) is 23.0 Å². The average molecular weight is 322 g/mol. The quantitative estimate of drug-likeness (QED) is 0.591. The van der Waals surface area contributed by atoms with Crippen LogP contribution in [0, 0.1) is 3.57 Å². The van der Waals surface area contributed by atoms with E-state index in [1.54, 1.807) is 17.1 Å². The molecule has 0 unspecified atom stereocenters. The van der Waals surface area contributed by atoms with Gasteiger partial charge in [-0.2, -0.15) is 0 Å². The first-order valence-electron chi connectivity index (χ1n) is 5.03. The van der Waals surface area contributed by atoms with Crippen molar-refractivity contribution in [3.63, 3.8) is 0 Å². The van der Waals surface area contributed by atoms with Gasteiger partial charge in [-0.05, 0) is 29.0 Å². The molecule has 84 valence electrons. The number of ether oxygens (including phenoxy) is 1. The molecule has 1 rings (SSSR count). The molecular formula is C10H15IN2O2. The fraction of sp³-hybridized carbons (Fsp3) is 0.600. The molecule has 1 aromatic rings. The molecule has 0 saturated heterocycles. The summed E-state index contributed by atoms with van der Waals surface area (Å²) in [6.45, 7) is 4.04. The van der Waals surface area contributed by atoms with E-state index in [1.807, 2.05) is 22.6 Å². The number of nitrogens with zero attached hydrogens (tertiary/aromatic N) is 2. The third kappa shape index (κ3) is 4.29. The number of hydrogen-bond donors (Lipinski definition) is 0. The lowest BCUT2D eigenvalue weighted by Gasteiger charge is -2.05. The van der Waals surface area contributed by atoms with Crippen LogP contribution in [-0.2, 0) is 11.3 Å². The van der Waals surface area contributed by atoms with E-state index < -0.39 is 0 Å². The zero-order valence-electron chi connectivity index (χ0n) is 8.78. The number of hydrogen-bond acceptors (Lipinski definition) is 3. The summed E-state index contributed by atoms with van der Waals surface area (Å²) in [6, 6.07) is 0. The zero-order chi connectivity index (χ0) is 11.1. The van der Waals surface area contributed by atoms with Crippen molar-refractivity contribution in [2.24, 2.45) is 0 Å². The summed E-state index contributed by atoms with van der Waals surface area (Å²) in [4.78, 5) is 15.5. The van der Waals surface area contributed by atoms with Crippen molar-refractivity contribution in [2.75, 3.05) is 13.2 Å². The van der Waals surface area contributed by atoms with Crippen LogP contribution < -0.4 is 5.56 Å². The molecule has 0 radical (unpaired) electrons.